The molecule has 14 heteroatoms. The maximum atomic E-state index is 12.2. The Balaban J connectivity index is 0.000000215. The zero-order valence-corrected chi connectivity index (χ0v) is 31.8. The molecule has 260 valence electrons. The van der Waals surface area contributed by atoms with E-state index in [9.17, 15) is 9.59 Å². The van der Waals surface area contributed by atoms with Gasteiger partial charge in [-0.1, -0.05) is 80.3 Å². The summed E-state index contributed by atoms with van der Waals surface area (Å²) in [5.41, 5.74) is 3.43. The lowest BCUT2D eigenvalue weighted by atomic mass is 10.1. The van der Waals surface area contributed by atoms with Gasteiger partial charge in [0.1, 0.15) is 0 Å². The summed E-state index contributed by atoms with van der Waals surface area (Å²) in [5, 5.41) is 32.2. The highest BCUT2D eigenvalue weighted by Gasteiger charge is 2.25. The van der Waals surface area contributed by atoms with Crippen LogP contribution in [0, 0.1) is 0 Å². The fourth-order valence-electron chi connectivity index (χ4n) is 4.37. The van der Waals surface area contributed by atoms with Crippen molar-refractivity contribution in [1.29, 1.82) is 0 Å². The van der Waals surface area contributed by atoms with Gasteiger partial charge in [-0.3, -0.25) is 18.7 Å². The number of benzene rings is 2. The lowest BCUT2D eigenvalue weighted by Crippen LogP contribution is -2.24. The molecule has 0 atom stereocenters. The molecule has 0 radical (unpaired) electrons. The Bertz CT molecular complexity index is 1920. The fourth-order valence-corrected chi connectivity index (χ4v) is 7.29. The van der Waals surface area contributed by atoms with Crippen LogP contribution in [0.2, 0.25) is 0 Å². The van der Waals surface area contributed by atoms with Crippen molar-refractivity contribution in [3.63, 3.8) is 0 Å². The van der Waals surface area contributed by atoms with Crippen LogP contribution in [0.1, 0.15) is 34.6 Å². The number of hydrogen-bond donors (Lipinski definition) is 2. The summed E-state index contributed by atoms with van der Waals surface area (Å²) in [6.45, 7) is 14.1. The number of anilines is 2. The Kier molecular flexibility index (Phi) is 14.6. The molecule has 50 heavy (non-hydrogen) atoms. The van der Waals surface area contributed by atoms with E-state index in [4.69, 9.17) is 0 Å². The van der Waals surface area contributed by atoms with Gasteiger partial charge in [-0.2, -0.15) is 22.7 Å². The molecular formula is C36H40N8O2S4. The van der Waals surface area contributed by atoms with Crippen molar-refractivity contribution in [2.24, 2.45) is 0 Å². The van der Waals surface area contributed by atoms with Gasteiger partial charge in [-0.05, 0) is 67.9 Å². The van der Waals surface area contributed by atoms with Crippen LogP contribution in [0.25, 0.3) is 29.0 Å². The van der Waals surface area contributed by atoms with E-state index in [0.29, 0.717) is 5.16 Å². The number of thioether (sulfide) groups is 2. The van der Waals surface area contributed by atoms with E-state index in [0.717, 1.165) is 39.3 Å². The average molecular weight is 745 g/mol. The minimum atomic E-state index is -0.182. The molecule has 0 aliphatic rings. The first kappa shape index (κ1) is 38.3. The van der Waals surface area contributed by atoms with Gasteiger partial charge >= 0.3 is 0 Å². The predicted octanol–water partition coefficient (Wildman–Crippen LogP) is 9.36. The molecule has 0 spiro atoms. The lowest BCUT2D eigenvalue weighted by molar-refractivity contribution is -0.114. The summed E-state index contributed by atoms with van der Waals surface area (Å²) in [7, 11) is 0. The van der Waals surface area contributed by atoms with E-state index in [2.05, 4.69) is 68.3 Å². The lowest BCUT2D eigenvalue weighted by Gasteiger charge is -2.24. The van der Waals surface area contributed by atoms with E-state index in [1.54, 1.807) is 33.4 Å². The predicted molar refractivity (Wildman–Crippen MR) is 211 cm³/mol. The molecule has 2 aromatic carbocycles. The molecule has 2 N–H and O–H groups in total. The maximum absolute atomic E-state index is 12.2. The Morgan fingerprint density at radius 1 is 0.720 bits per heavy atom. The van der Waals surface area contributed by atoms with Crippen LogP contribution >= 0.6 is 46.2 Å². The van der Waals surface area contributed by atoms with Crippen LogP contribution in [0.3, 0.4) is 0 Å². The molecule has 0 aliphatic carbocycles. The molecule has 0 fully saturated rings. The molecular weight excluding hydrogens is 705 g/mol. The molecule has 4 heterocycles. The molecule has 6 aromatic rings. The number of aromatic nitrogens is 6. The zero-order valence-electron chi connectivity index (χ0n) is 28.6. The summed E-state index contributed by atoms with van der Waals surface area (Å²) in [4.78, 5) is 24.2. The topological polar surface area (TPSA) is 120 Å². The Labute approximate surface area is 309 Å². The standard InChI is InChI=1S/C18H20N4OS2.C16H14N4OS2.C2H6/c1-18(2,3)22-16(13-9-10-24-11-13)20-21-17(22)25-12-15(23)19-14-7-5-4-6-8-14;1-2-20-15(12-8-9-22-10-12)18-19-16(20)23-11-14(21)17-13-6-4-3-5-7-13;1-2/h4-11H,12H2,1-3H3,(H,19,23);2-10H,1,11H2,(H,17,21);1-2H3. The summed E-state index contributed by atoms with van der Waals surface area (Å²) < 4.78 is 3.89. The quantitative estimate of drug-likeness (QED) is 0.126. The minimum absolute atomic E-state index is 0.0586. The number of nitrogens with zero attached hydrogens (tertiary/aromatic N) is 6. The molecule has 0 unspecified atom stereocenters. The van der Waals surface area contributed by atoms with Gasteiger partial charge in [0.2, 0.25) is 11.8 Å². The smallest absolute Gasteiger partial charge is 0.234 e. The number of hydrogen-bond acceptors (Lipinski definition) is 10. The van der Waals surface area contributed by atoms with Crippen molar-refractivity contribution >= 4 is 75.6 Å². The monoisotopic (exact) mass is 744 g/mol. The van der Waals surface area contributed by atoms with Crippen LogP contribution in [-0.4, -0.2) is 52.8 Å². The molecule has 0 saturated heterocycles. The summed E-state index contributed by atoms with van der Waals surface area (Å²) in [6.07, 6.45) is 1.66. The van der Waals surface area contributed by atoms with Crippen LogP contribution in [0.15, 0.2) is 111 Å². The minimum Gasteiger partial charge on any atom is -0.325 e. The second-order valence-electron chi connectivity index (χ2n) is 11.1. The first-order valence-corrected chi connectivity index (χ1v) is 19.6. The number of thiophene rings is 2. The molecule has 6 rings (SSSR count). The molecule has 0 bridgehead atoms. The van der Waals surface area contributed by atoms with E-state index in [1.165, 1.54) is 23.5 Å². The highest BCUT2D eigenvalue weighted by atomic mass is 32.2. The zero-order chi connectivity index (χ0) is 35.9. The Hall–Kier alpha value is -4.50. The summed E-state index contributed by atoms with van der Waals surface area (Å²) in [6, 6.07) is 22.8. The van der Waals surface area contributed by atoms with Crippen molar-refractivity contribution < 1.29 is 9.59 Å². The normalized spacial score (nSPS) is 10.7. The third-order valence-electron chi connectivity index (χ3n) is 6.49. The van der Waals surface area contributed by atoms with Gasteiger partial charge in [0.25, 0.3) is 0 Å². The van der Waals surface area contributed by atoms with Crippen LogP contribution in [0.5, 0.6) is 0 Å². The van der Waals surface area contributed by atoms with Crippen LogP contribution in [0.4, 0.5) is 11.4 Å². The second kappa shape index (κ2) is 19.0. The Morgan fingerprint density at radius 2 is 1.18 bits per heavy atom. The number of nitrogens with one attached hydrogen (secondary N) is 2. The third-order valence-corrected chi connectivity index (χ3v) is 9.73. The fraction of sp³-hybridized carbons (Fsp3) is 0.222. The summed E-state index contributed by atoms with van der Waals surface area (Å²) >= 11 is 5.95. The van der Waals surface area contributed by atoms with E-state index >= 15 is 0 Å². The van der Waals surface area contributed by atoms with Crippen molar-refractivity contribution in [3.05, 3.63) is 101 Å². The maximum Gasteiger partial charge on any atom is 0.234 e. The Morgan fingerprint density at radius 3 is 1.64 bits per heavy atom. The third kappa shape index (κ3) is 10.7. The van der Waals surface area contributed by atoms with Gasteiger partial charge in [0.15, 0.2) is 22.0 Å². The highest BCUT2D eigenvalue weighted by Crippen LogP contribution is 2.31. The van der Waals surface area contributed by atoms with Crippen molar-refractivity contribution in [2.75, 3.05) is 22.1 Å². The van der Waals surface area contributed by atoms with Crippen molar-refractivity contribution in [1.82, 2.24) is 29.5 Å². The number of amides is 2. The average Bonchev–Trinajstić information content (AvgIpc) is 3.95. The molecule has 10 nitrogen and oxygen atoms in total. The van der Waals surface area contributed by atoms with Gasteiger partial charge in [-0.25, -0.2) is 0 Å². The van der Waals surface area contributed by atoms with Gasteiger partial charge in [-0.15, -0.1) is 20.4 Å². The van der Waals surface area contributed by atoms with E-state index in [1.807, 2.05) is 103 Å². The van der Waals surface area contributed by atoms with Crippen molar-refractivity contribution in [3.8, 4) is 22.8 Å². The van der Waals surface area contributed by atoms with Gasteiger partial charge < -0.3 is 10.6 Å². The first-order chi connectivity index (χ1) is 24.2. The largest absolute Gasteiger partial charge is 0.325 e. The molecule has 0 saturated carbocycles. The molecule has 0 aliphatic heterocycles. The van der Waals surface area contributed by atoms with E-state index < -0.39 is 0 Å². The number of carbonyl (C=O) groups excluding carboxylic acids is 2. The SMILES string of the molecule is C=Cn1c(SCC(=O)Nc2ccccc2)nnc1-c1ccsc1.CC.CC(C)(C)n1c(SCC(=O)Nc2ccccc2)nnc1-c1ccsc1. The molecule has 2 amide bonds. The van der Waals surface area contributed by atoms with Crippen LogP contribution in [-0.2, 0) is 15.1 Å². The number of rotatable bonds is 11. The van der Waals surface area contributed by atoms with Crippen LogP contribution < -0.4 is 10.6 Å². The number of carbonyl (C=O) groups is 2. The van der Waals surface area contributed by atoms with E-state index in [-0.39, 0.29) is 28.9 Å². The van der Waals surface area contributed by atoms with Gasteiger partial charge in [0, 0.05) is 45.0 Å². The first-order valence-electron chi connectivity index (χ1n) is 15.8. The highest BCUT2D eigenvalue weighted by molar-refractivity contribution is 8.00. The van der Waals surface area contributed by atoms with Crippen molar-refractivity contribution in [2.45, 2.75) is 50.5 Å². The molecule has 4 aromatic heterocycles. The summed E-state index contributed by atoms with van der Waals surface area (Å²) in [5.74, 6) is 1.96. The van der Waals surface area contributed by atoms with Gasteiger partial charge in [0.05, 0.1) is 11.5 Å². The second-order valence-corrected chi connectivity index (χ2v) is 14.5. The number of para-hydroxylation sites is 2.